The maximum atomic E-state index is 12.1. The number of benzene rings is 1. The van der Waals surface area contributed by atoms with E-state index >= 15 is 0 Å². The minimum atomic E-state index is -0.00702. The predicted octanol–water partition coefficient (Wildman–Crippen LogP) is 1.81. The Bertz CT molecular complexity index is 488. The van der Waals surface area contributed by atoms with Crippen LogP contribution < -0.4 is 14.8 Å². The van der Waals surface area contributed by atoms with Crippen LogP contribution in [0.3, 0.4) is 0 Å². The van der Waals surface area contributed by atoms with Gasteiger partial charge >= 0.3 is 6.03 Å². The molecule has 6 nitrogen and oxygen atoms in total. The van der Waals surface area contributed by atoms with Crippen molar-refractivity contribution >= 4 is 6.03 Å². The van der Waals surface area contributed by atoms with Crippen molar-refractivity contribution in [2.24, 2.45) is 0 Å². The number of hydrogen-bond acceptors (Lipinski definition) is 4. The number of nitrogens with zero attached hydrogens (tertiary/aromatic N) is 2. The van der Waals surface area contributed by atoms with Gasteiger partial charge < -0.3 is 24.6 Å². The molecule has 0 aliphatic carbocycles. The lowest BCUT2D eigenvalue weighted by atomic mass is 10.3. The quantitative estimate of drug-likeness (QED) is 0.778. The van der Waals surface area contributed by atoms with Crippen LogP contribution in [0.1, 0.15) is 13.8 Å². The highest BCUT2D eigenvalue weighted by molar-refractivity contribution is 5.74. The fourth-order valence-corrected chi connectivity index (χ4v) is 2.53. The molecule has 23 heavy (non-hydrogen) atoms. The minimum absolute atomic E-state index is 0.00702. The van der Waals surface area contributed by atoms with Crippen LogP contribution in [0.2, 0.25) is 0 Å². The van der Waals surface area contributed by atoms with Gasteiger partial charge in [0.25, 0.3) is 0 Å². The summed E-state index contributed by atoms with van der Waals surface area (Å²) in [6, 6.07) is 7.52. The van der Waals surface area contributed by atoms with Crippen LogP contribution in [0.5, 0.6) is 11.5 Å². The summed E-state index contributed by atoms with van der Waals surface area (Å²) in [6.07, 6.45) is 0. The van der Waals surface area contributed by atoms with E-state index in [0.717, 1.165) is 44.2 Å². The molecule has 6 heteroatoms. The number of amides is 2. The van der Waals surface area contributed by atoms with Crippen LogP contribution in [0.4, 0.5) is 4.79 Å². The first-order valence-corrected chi connectivity index (χ1v) is 8.33. The zero-order valence-electron chi connectivity index (χ0n) is 14.1. The number of ether oxygens (including phenoxy) is 2. The number of nitrogens with one attached hydrogen (secondary N) is 1. The number of piperazine rings is 1. The molecule has 0 atom stereocenters. The lowest BCUT2D eigenvalue weighted by molar-refractivity contribution is 0.142. The van der Waals surface area contributed by atoms with Crippen LogP contribution in [0.25, 0.3) is 0 Å². The number of carbonyl (C=O) groups is 1. The van der Waals surface area contributed by atoms with Gasteiger partial charge in [0, 0.05) is 32.2 Å². The molecule has 128 valence electrons. The second kappa shape index (κ2) is 9.25. The molecule has 0 unspecified atom stereocenters. The maximum absolute atomic E-state index is 12.1. The van der Waals surface area contributed by atoms with Crippen molar-refractivity contribution in [2.45, 2.75) is 13.8 Å². The van der Waals surface area contributed by atoms with E-state index in [4.69, 9.17) is 9.47 Å². The molecule has 0 radical (unpaired) electrons. The summed E-state index contributed by atoms with van der Waals surface area (Å²) in [5.74, 6) is 1.55. The first-order chi connectivity index (χ1) is 11.2. The number of likely N-dealkylation sites (N-methyl/N-ethyl adjacent to an activating group) is 1. The Labute approximate surface area is 138 Å². The molecule has 1 aliphatic rings. The van der Waals surface area contributed by atoms with Gasteiger partial charge in [-0.1, -0.05) is 13.0 Å². The molecule has 1 saturated heterocycles. The monoisotopic (exact) mass is 321 g/mol. The van der Waals surface area contributed by atoms with Gasteiger partial charge in [-0.3, -0.25) is 0 Å². The minimum Gasteiger partial charge on any atom is -0.494 e. The van der Waals surface area contributed by atoms with Gasteiger partial charge in [-0.2, -0.15) is 0 Å². The van der Waals surface area contributed by atoms with E-state index in [1.165, 1.54) is 0 Å². The third kappa shape index (κ3) is 5.63. The third-order valence-electron chi connectivity index (χ3n) is 3.87. The van der Waals surface area contributed by atoms with Gasteiger partial charge in [-0.15, -0.1) is 0 Å². The molecule has 1 fully saturated rings. The highest BCUT2D eigenvalue weighted by atomic mass is 16.5. The normalized spacial score (nSPS) is 15.3. The Hall–Kier alpha value is -1.95. The fourth-order valence-electron chi connectivity index (χ4n) is 2.53. The van der Waals surface area contributed by atoms with Crippen LogP contribution >= 0.6 is 0 Å². The van der Waals surface area contributed by atoms with Crippen LogP contribution in [-0.2, 0) is 0 Å². The number of hydrogen-bond donors (Lipinski definition) is 1. The molecule has 0 aromatic heterocycles. The Morgan fingerprint density at radius 3 is 2.48 bits per heavy atom. The van der Waals surface area contributed by atoms with Crippen LogP contribution in [0, 0.1) is 0 Å². The average molecular weight is 321 g/mol. The summed E-state index contributed by atoms with van der Waals surface area (Å²) in [6.45, 7) is 10.2. The topological polar surface area (TPSA) is 54.0 Å². The number of carbonyl (C=O) groups excluding carboxylic acids is 1. The third-order valence-corrected chi connectivity index (χ3v) is 3.87. The Morgan fingerprint density at radius 1 is 1.13 bits per heavy atom. The zero-order valence-corrected chi connectivity index (χ0v) is 14.1. The van der Waals surface area contributed by atoms with E-state index in [-0.39, 0.29) is 6.03 Å². The molecule has 0 bridgehead atoms. The first-order valence-electron chi connectivity index (χ1n) is 8.33. The summed E-state index contributed by atoms with van der Waals surface area (Å²) in [5, 5.41) is 2.91. The Balaban J connectivity index is 1.65. The fraction of sp³-hybridized carbons (Fsp3) is 0.588. The van der Waals surface area contributed by atoms with Gasteiger partial charge in [0.05, 0.1) is 13.2 Å². The molecule has 1 N–H and O–H groups in total. The van der Waals surface area contributed by atoms with Crippen LogP contribution in [-0.4, -0.2) is 68.3 Å². The van der Waals surface area contributed by atoms with E-state index in [1.54, 1.807) is 0 Å². The van der Waals surface area contributed by atoms with Crippen molar-refractivity contribution in [2.75, 3.05) is 52.5 Å². The SMILES string of the molecule is CCOc1cccc(OCCNC(=O)N2CCN(CC)CC2)c1. The van der Waals surface area contributed by atoms with Crippen molar-refractivity contribution in [3.63, 3.8) is 0 Å². The van der Waals surface area contributed by atoms with Crippen LogP contribution in [0.15, 0.2) is 24.3 Å². The molecule has 1 aromatic rings. The summed E-state index contributed by atoms with van der Waals surface area (Å²) in [5.41, 5.74) is 0. The number of urea groups is 1. The zero-order chi connectivity index (χ0) is 16.5. The van der Waals surface area contributed by atoms with E-state index in [9.17, 15) is 4.79 Å². The van der Waals surface area contributed by atoms with Gasteiger partial charge in [-0.05, 0) is 25.6 Å². The summed E-state index contributed by atoms with van der Waals surface area (Å²) in [4.78, 5) is 16.3. The molecule has 1 aromatic carbocycles. The molecular weight excluding hydrogens is 294 g/mol. The average Bonchev–Trinajstić information content (AvgIpc) is 2.59. The van der Waals surface area contributed by atoms with Gasteiger partial charge in [0.15, 0.2) is 0 Å². The largest absolute Gasteiger partial charge is 0.494 e. The molecule has 2 rings (SSSR count). The van der Waals surface area contributed by atoms with Crippen molar-refractivity contribution in [3.8, 4) is 11.5 Å². The van der Waals surface area contributed by atoms with Crippen molar-refractivity contribution in [1.29, 1.82) is 0 Å². The van der Waals surface area contributed by atoms with Crippen molar-refractivity contribution < 1.29 is 14.3 Å². The van der Waals surface area contributed by atoms with Gasteiger partial charge in [0.1, 0.15) is 18.1 Å². The van der Waals surface area contributed by atoms with E-state index in [0.29, 0.717) is 19.8 Å². The maximum Gasteiger partial charge on any atom is 0.317 e. The lowest BCUT2D eigenvalue weighted by Gasteiger charge is -2.33. The number of rotatable bonds is 7. The van der Waals surface area contributed by atoms with Crippen molar-refractivity contribution in [3.05, 3.63) is 24.3 Å². The molecule has 1 heterocycles. The molecule has 0 saturated carbocycles. The second-order valence-corrected chi connectivity index (χ2v) is 5.41. The first kappa shape index (κ1) is 17.4. The van der Waals surface area contributed by atoms with E-state index in [1.807, 2.05) is 36.1 Å². The lowest BCUT2D eigenvalue weighted by Crippen LogP contribution is -2.52. The molecule has 0 spiro atoms. The molecule has 2 amide bonds. The molecule has 1 aliphatic heterocycles. The highest BCUT2D eigenvalue weighted by Crippen LogP contribution is 2.19. The second-order valence-electron chi connectivity index (χ2n) is 5.41. The van der Waals surface area contributed by atoms with E-state index < -0.39 is 0 Å². The highest BCUT2D eigenvalue weighted by Gasteiger charge is 2.19. The Kier molecular flexibility index (Phi) is 7.00. The van der Waals surface area contributed by atoms with Crippen molar-refractivity contribution in [1.82, 2.24) is 15.1 Å². The van der Waals surface area contributed by atoms with Gasteiger partial charge in [-0.25, -0.2) is 4.79 Å². The summed E-state index contributed by atoms with van der Waals surface area (Å²) < 4.78 is 11.1. The standard InChI is InChI=1S/C17H27N3O3/c1-3-19-9-11-20(12-10-19)17(21)18-8-13-23-16-7-5-6-15(14-16)22-4-2/h5-7,14H,3-4,8-13H2,1-2H3,(H,18,21). The molecular formula is C17H27N3O3. The van der Waals surface area contributed by atoms with Gasteiger partial charge in [0.2, 0.25) is 0 Å². The summed E-state index contributed by atoms with van der Waals surface area (Å²) in [7, 11) is 0. The smallest absolute Gasteiger partial charge is 0.317 e. The van der Waals surface area contributed by atoms with E-state index in [2.05, 4.69) is 17.1 Å². The Morgan fingerprint density at radius 2 is 1.83 bits per heavy atom. The summed E-state index contributed by atoms with van der Waals surface area (Å²) >= 11 is 0. The predicted molar refractivity (Wildman–Crippen MR) is 90.2 cm³/mol.